The molecule has 0 aromatic carbocycles. The standard InChI is InChI=1S/C49H85NO7/c1-6-8-10-12-14-16-18-20-22-23-24-25-26-28-30-32-34-36-38-40-48(52)57-45(43-55-42-41-46(49(53)54)50(3,4)5)44-56-47(51)39-37-35-33-31-29-27-21-19-17-15-13-11-9-7-2/h8-11,14-17,20,22,45-46H,6-7,12-13,18-19,21,23-44H2,1-5H3/p+1/b10-8+,11-9+,16-14+,17-15+,22-20+. The maximum Gasteiger partial charge on any atom is 0.362 e. The van der Waals surface area contributed by atoms with Gasteiger partial charge in [-0.3, -0.25) is 9.59 Å². The van der Waals surface area contributed by atoms with Crippen molar-refractivity contribution in [2.75, 3.05) is 41.0 Å². The Labute approximate surface area is 349 Å². The maximum absolute atomic E-state index is 12.7. The van der Waals surface area contributed by atoms with Gasteiger partial charge in [-0.15, -0.1) is 0 Å². The number of likely N-dealkylation sites (N-methyl/N-ethyl adjacent to an activating group) is 1. The Hall–Kier alpha value is -2.97. The van der Waals surface area contributed by atoms with Gasteiger partial charge in [0.25, 0.3) is 0 Å². The number of nitrogens with zero attached hydrogens (tertiary/aromatic N) is 1. The minimum atomic E-state index is -0.879. The van der Waals surface area contributed by atoms with Gasteiger partial charge >= 0.3 is 17.9 Å². The molecule has 8 heteroatoms. The molecule has 8 nitrogen and oxygen atoms in total. The normalized spacial score (nSPS) is 13.5. The Bertz CT molecular complexity index is 1120. The number of aliphatic carboxylic acids is 1. The van der Waals surface area contributed by atoms with Crippen LogP contribution in [0.4, 0.5) is 0 Å². The SMILES string of the molecule is CC/C=C/C/C=C/C/C=C/CCCCCCCCCCCC(=O)OC(COCCC(C(=O)O)[N+](C)(C)C)COC(=O)CCCCCCCCC/C=C/C/C=C/CC. The minimum absolute atomic E-state index is 0.0546. The number of esters is 2. The molecule has 328 valence electrons. The molecule has 0 heterocycles. The van der Waals surface area contributed by atoms with Gasteiger partial charge in [0.1, 0.15) is 6.61 Å². The molecule has 0 rings (SSSR count). The van der Waals surface area contributed by atoms with Gasteiger partial charge in [-0.2, -0.15) is 0 Å². The van der Waals surface area contributed by atoms with Crippen LogP contribution in [-0.2, 0) is 28.6 Å². The predicted octanol–water partition coefficient (Wildman–Crippen LogP) is 12.6. The molecule has 0 aromatic rings. The van der Waals surface area contributed by atoms with E-state index in [1.807, 2.05) is 21.1 Å². The van der Waals surface area contributed by atoms with E-state index >= 15 is 0 Å². The second-order valence-electron chi connectivity index (χ2n) is 16.2. The second kappa shape index (κ2) is 39.8. The van der Waals surface area contributed by atoms with Gasteiger partial charge in [0, 0.05) is 19.3 Å². The maximum atomic E-state index is 12.7. The highest BCUT2D eigenvalue weighted by Crippen LogP contribution is 2.14. The molecule has 2 unspecified atom stereocenters. The zero-order valence-corrected chi connectivity index (χ0v) is 37.3. The van der Waals surface area contributed by atoms with Gasteiger partial charge in [-0.25, -0.2) is 4.79 Å². The minimum Gasteiger partial charge on any atom is -0.477 e. The summed E-state index contributed by atoms with van der Waals surface area (Å²) in [6.45, 7) is 4.51. The van der Waals surface area contributed by atoms with Gasteiger partial charge in [0.2, 0.25) is 0 Å². The number of carboxylic acid groups (broad SMARTS) is 1. The Kier molecular flexibility index (Phi) is 37.8. The number of unbranched alkanes of at least 4 members (excludes halogenated alkanes) is 16. The molecule has 1 N–H and O–H groups in total. The molecule has 0 aliphatic carbocycles. The molecule has 0 radical (unpaired) electrons. The molecule has 0 spiro atoms. The molecule has 0 amide bonds. The van der Waals surface area contributed by atoms with Crippen LogP contribution in [0.2, 0.25) is 0 Å². The van der Waals surface area contributed by atoms with Crippen LogP contribution < -0.4 is 0 Å². The largest absolute Gasteiger partial charge is 0.477 e. The fraction of sp³-hybridized carbons (Fsp3) is 0.735. The van der Waals surface area contributed by atoms with Gasteiger partial charge in [-0.05, 0) is 70.6 Å². The van der Waals surface area contributed by atoms with Crippen molar-refractivity contribution in [1.82, 2.24) is 0 Å². The lowest BCUT2D eigenvalue weighted by Gasteiger charge is -2.31. The first-order valence-corrected chi connectivity index (χ1v) is 22.8. The molecule has 0 aromatic heterocycles. The van der Waals surface area contributed by atoms with Crippen LogP contribution in [0.1, 0.15) is 181 Å². The van der Waals surface area contributed by atoms with E-state index in [1.54, 1.807) is 0 Å². The average Bonchev–Trinajstić information content (AvgIpc) is 3.17. The number of carbonyl (C=O) groups is 3. The summed E-state index contributed by atoms with van der Waals surface area (Å²) in [5.41, 5.74) is 0. The van der Waals surface area contributed by atoms with Crippen molar-refractivity contribution in [3.8, 4) is 0 Å². The Morgan fingerprint density at radius 1 is 0.526 bits per heavy atom. The quantitative estimate of drug-likeness (QED) is 0.0285. The van der Waals surface area contributed by atoms with Crippen molar-refractivity contribution in [2.24, 2.45) is 0 Å². The van der Waals surface area contributed by atoms with Crippen molar-refractivity contribution >= 4 is 17.9 Å². The third-order valence-corrected chi connectivity index (χ3v) is 9.91. The Balaban J connectivity index is 4.32. The summed E-state index contributed by atoms with van der Waals surface area (Å²) >= 11 is 0. The van der Waals surface area contributed by atoms with Gasteiger partial charge in [-0.1, -0.05) is 152 Å². The fourth-order valence-corrected chi connectivity index (χ4v) is 6.44. The molecule has 0 fully saturated rings. The summed E-state index contributed by atoms with van der Waals surface area (Å²) in [7, 11) is 5.52. The van der Waals surface area contributed by atoms with Crippen molar-refractivity contribution < 1.29 is 38.2 Å². The summed E-state index contributed by atoms with van der Waals surface area (Å²) in [4.78, 5) is 37.0. The summed E-state index contributed by atoms with van der Waals surface area (Å²) in [6.07, 6.45) is 48.3. The highest BCUT2D eigenvalue weighted by Gasteiger charge is 2.31. The Morgan fingerprint density at radius 2 is 0.930 bits per heavy atom. The van der Waals surface area contributed by atoms with E-state index in [1.165, 1.54) is 64.2 Å². The molecule has 0 saturated heterocycles. The van der Waals surface area contributed by atoms with E-state index in [-0.39, 0.29) is 36.2 Å². The van der Waals surface area contributed by atoms with Crippen LogP contribution in [0.5, 0.6) is 0 Å². The average molecular weight is 801 g/mol. The Morgan fingerprint density at radius 3 is 1.37 bits per heavy atom. The van der Waals surface area contributed by atoms with Crippen LogP contribution in [0.3, 0.4) is 0 Å². The fourth-order valence-electron chi connectivity index (χ4n) is 6.44. The molecular weight excluding hydrogens is 715 g/mol. The monoisotopic (exact) mass is 801 g/mol. The predicted molar refractivity (Wildman–Crippen MR) is 238 cm³/mol. The number of allylic oxidation sites excluding steroid dienone is 10. The number of hydrogen-bond donors (Lipinski definition) is 1. The zero-order chi connectivity index (χ0) is 42.1. The van der Waals surface area contributed by atoms with E-state index < -0.39 is 18.1 Å². The van der Waals surface area contributed by atoms with Crippen LogP contribution in [0.15, 0.2) is 60.8 Å². The number of quaternary nitrogens is 1. The van der Waals surface area contributed by atoms with Gasteiger partial charge < -0.3 is 23.8 Å². The molecule has 2 atom stereocenters. The number of carbonyl (C=O) groups excluding carboxylic acids is 2. The van der Waals surface area contributed by atoms with Crippen LogP contribution >= 0.6 is 0 Å². The van der Waals surface area contributed by atoms with Crippen LogP contribution in [0, 0.1) is 0 Å². The number of carboxylic acids is 1. The molecule has 0 bridgehead atoms. The molecule has 0 saturated carbocycles. The first-order valence-electron chi connectivity index (χ1n) is 22.8. The highest BCUT2D eigenvalue weighted by atomic mass is 16.6. The summed E-state index contributed by atoms with van der Waals surface area (Å²) in [5.74, 6) is -1.49. The lowest BCUT2D eigenvalue weighted by molar-refractivity contribution is -0.887. The van der Waals surface area contributed by atoms with E-state index in [9.17, 15) is 19.5 Å². The summed E-state index contributed by atoms with van der Waals surface area (Å²) in [5, 5.41) is 9.63. The molecule has 57 heavy (non-hydrogen) atoms. The second-order valence-corrected chi connectivity index (χ2v) is 16.2. The number of rotatable bonds is 40. The number of ether oxygens (including phenoxy) is 3. The van der Waals surface area contributed by atoms with E-state index in [0.717, 1.165) is 83.5 Å². The van der Waals surface area contributed by atoms with Crippen LogP contribution in [-0.4, -0.2) is 80.6 Å². The van der Waals surface area contributed by atoms with Crippen molar-refractivity contribution in [1.29, 1.82) is 0 Å². The van der Waals surface area contributed by atoms with E-state index in [2.05, 4.69) is 74.6 Å². The number of hydrogen-bond acceptors (Lipinski definition) is 6. The first kappa shape index (κ1) is 54.0. The summed E-state index contributed by atoms with van der Waals surface area (Å²) in [6, 6.07) is -0.618. The van der Waals surface area contributed by atoms with E-state index in [4.69, 9.17) is 14.2 Å². The van der Waals surface area contributed by atoms with Gasteiger partial charge in [0.15, 0.2) is 12.1 Å². The highest BCUT2D eigenvalue weighted by molar-refractivity contribution is 5.72. The van der Waals surface area contributed by atoms with Crippen molar-refractivity contribution in [2.45, 2.75) is 193 Å². The topological polar surface area (TPSA) is 99.1 Å². The van der Waals surface area contributed by atoms with Gasteiger partial charge in [0.05, 0.1) is 34.4 Å². The smallest absolute Gasteiger partial charge is 0.362 e. The zero-order valence-electron chi connectivity index (χ0n) is 37.3. The van der Waals surface area contributed by atoms with E-state index in [0.29, 0.717) is 19.3 Å². The lowest BCUT2D eigenvalue weighted by atomic mass is 10.1. The summed E-state index contributed by atoms with van der Waals surface area (Å²) < 4.78 is 17.3. The van der Waals surface area contributed by atoms with Crippen molar-refractivity contribution in [3.05, 3.63) is 60.8 Å². The third kappa shape index (κ3) is 38.3. The van der Waals surface area contributed by atoms with Crippen molar-refractivity contribution in [3.63, 3.8) is 0 Å². The third-order valence-electron chi connectivity index (χ3n) is 9.91. The van der Waals surface area contributed by atoms with Crippen LogP contribution in [0.25, 0.3) is 0 Å². The first-order chi connectivity index (χ1) is 27.6. The lowest BCUT2D eigenvalue weighted by Crippen LogP contribution is -2.50. The molecular formula is C49H86NO7+. The molecule has 0 aliphatic heterocycles. The molecule has 0 aliphatic rings.